The highest BCUT2D eigenvalue weighted by atomic mass is 19.3. The lowest BCUT2D eigenvalue weighted by Gasteiger charge is -2.60. The van der Waals surface area contributed by atoms with Crippen molar-refractivity contribution in [3.05, 3.63) is 0 Å². The van der Waals surface area contributed by atoms with E-state index in [0.29, 0.717) is 37.3 Å². The lowest BCUT2D eigenvalue weighted by atomic mass is 9.48. The van der Waals surface area contributed by atoms with Gasteiger partial charge in [-0.25, -0.2) is 9.59 Å². The first-order valence-corrected chi connectivity index (χ1v) is 11.7. The van der Waals surface area contributed by atoms with Crippen molar-refractivity contribution in [2.45, 2.75) is 101 Å². The molecule has 0 amide bonds. The summed E-state index contributed by atoms with van der Waals surface area (Å²) in [5.41, 5.74) is -0.995. The summed E-state index contributed by atoms with van der Waals surface area (Å²) in [6.45, 7) is 0.533. The predicted molar refractivity (Wildman–Crippen MR) is 107 cm³/mol. The van der Waals surface area contributed by atoms with Crippen LogP contribution in [0.1, 0.15) is 71.1 Å². The van der Waals surface area contributed by atoms with Crippen LogP contribution in [-0.2, 0) is 19.0 Å². The molecule has 174 valence electrons. The van der Waals surface area contributed by atoms with E-state index in [1.807, 2.05) is 0 Å². The second kappa shape index (κ2) is 7.29. The van der Waals surface area contributed by atoms with Crippen molar-refractivity contribution < 1.29 is 32.6 Å². The van der Waals surface area contributed by atoms with Crippen LogP contribution in [-0.4, -0.2) is 60.4 Å². The van der Waals surface area contributed by atoms with Gasteiger partial charge in [0.25, 0.3) is 0 Å². The van der Waals surface area contributed by atoms with Gasteiger partial charge in [-0.15, -0.1) is 0 Å². The second-order valence-corrected chi connectivity index (χ2v) is 11.2. The molecule has 4 aliphatic carbocycles. The van der Waals surface area contributed by atoms with Crippen molar-refractivity contribution in [1.29, 1.82) is 0 Å². The summed E-state index contributed by atoms with van der Waals surface area (Å²) in [6, 6.07) is 0.955. The topological polar surface area (TPSA) is 65.1 Å². The normalized spacial score (nSPS) is 43.7. The van der Waals surface area contributed by atoms with Crippen LogP contribution >= 0.6 is 0 Å². The first-order valence-electron chi connectivity index (χ1n) is 11.7. The summed E-state index contributed by atoms with van der Waals surface area (Å²) in [6.07, 6.45) is 8.20. The smallest absolute Gasteiger partial charge is 0.461 e. The highest BCUT2D eigenvalue weighted by Crippen LogP contribution is 2.63. The minimum absolute atomic E-state index is 0.0270. The lowest BCUT2D eigenvalue weighted by molar-refractivity contribution is -0.202. The Morgan fingerprint density at radius 3 is 2.23 bits per heavy atom. The van der Waals surface area contributed by atoms with E-state index >= 15 is 0 Å². The average Bonchev–Trinajstić information content (AvgIpc) is 2.85. The fourth-order valence-electron chi connectivity index (χ4n) is 7.79. The molecule has 0 radical (unpaired) electrons. The summed E-state index contributed by atoms with van der Waals surface area (Å²) in [5, 5.41) is 0. The Morgan fingerprint density at radius 1 is 1.03 bits per heavy atom. The number of hydrogen-bond acceptors (Lipinski definition) is 6. The lowest BCUT2D eigenvalue weighted by Crippen LogP contribution is -2.59. The summed E-state index contributed by atoms with van der Waals surface area (Å²) >= 11 is 0. The third-order valence-electron chi connectivity index (χ3n) is 8.61. The van der Waals surface area contributed by atoms with Crippen LogP contribution in [0.3, 0.4) is 0 Å². The molecule has 0 aromatic rings. The zero-order chi connectivity index (χ0) is 22.0. The largest absolute Gasteiger partial charge is 0.509 e. The van der Waals surface area contributed by atoms with Gasteiger partial charge in [0.1, 0.15) is 11.7 Å². The van der Waals surface area contributed by atoms with E-state index in [1.165, 1.54) is 0 Å². The minimum Gasteiger partial charge on any atom is -0.461 e. The Morgan fingerprint density at radius 2 is 1.65 bits per heavy atom. The molecule has 4 atom stereocenters. The summed E-state index contributed by atoms with van der Waals surface area (Å²) in [7, 11) is 2.15. The Bertz CT molecular complexity index is 725. The molecule has 6 fully saturated rings. The highest BCUT2D eigenvalue weighted by molar-refractivity contribution is 5.76. The van der Waals surface area contributed by atoms with Crippen molar-refractivity contribution in [2.75, 3.05) is 13.7 Å². The van der Waals surface area contributed by atoms with E-state index in [0.717, 1.165) is 57.8 Å². The van der Waals surface area contributed by atoms with E-state index in [9.17, 15) is 18.4 Å². The quantitative estimate of drug-likeness (QED) is 0.593. The van der Waals surface area contributed by atoms with Gasteiger partial charge in [0.15, 0.2) is 0 Å². The number of rotatable bonds is 5. The SMILES string of the molecule is CN1C2CCC1CC(OC(=O)OC13CC4CC(CC(COC(=O)C(C)(F)F)(C4)C1)C3)C2. The average molecular weight is 442 g/mol. The van der Waals surface area contributed by atoms with Crippen LogP contribution in [0.4, 0.5) is 13.6 Å². The van der Waals surface area contributed by atoms with Gasteiger partial charge < -0.3 is 19.1 Å². The maximum atomic E-state index is 13.3. The van der Waals surface area contributed by atoms with Crippen LogP contribution in [0.5, 0.6) is 0 Å². The maximum absolute atomic E-state index is 13.3. The molecule has 8 heteroatoms. The molecule has 6 bridgehead atoms. The first kappa shape index (κ1) is 21.4. The fraction of sp³-hybridized carbons (Fsp3) is 0.913. The van der Waals surface area contributed by atoms with Crippen molar-refractivity contribution >= 4 is 12.1 Å². The van der Waals surface area contributed by atoms with Gasteiger partial charge in [0.05, 0.1) is 6.61 Å². The number of halogens is 2. The van der Waals surface area contributed by atoms with Gasteiger partial charge in [-0.1, -0.05) is 0 Å². The number of piperidine rings is 1. The standard InChI is InChI=1S/C23H33F2NO5/c1-21(24,25)19(27)29-13-22-8-14-5-15(9-22)11-23(10-14,12-22)31-20(28)30-18-6-16-3-4-17(7-18)26(16)2/h14-18H,3-13H2,1-2H3. The molecule has 2 heterocycles. The van der Waals surface area contributed by atoms with Crippen LogP contribution in [0, 0.1) is 17.3 Å². The van der Waals surface area contributed by atoms with E-state index < -0.39 is 23.6 Å². The molecular weight excluding hydrogens is 408 g/mol. The molecule has 6 nitrogen and oxygen atoms in total. The monoisotopic (exact) mass is 441 g/mol. The molecule has 0 aromatic carbocycles. The molecule has 2 saturated heterocycles. The molecule has 4 saturated carbocycles. The molecule has 4 unspecified atom stereocenters. The number of fused-ring (bicyclic) bond motifs is 2. The predicted octanol–water partition coefficient (Wildman–Crippen LogP) is 4.30. The molecule has 2 aliphatic heterocycles. The second-order valence-electron chi connectivity index (χ2n) is 11.2. The molecule has 31 heavy (non-hydrogen) atoms. The van der Waals surface area contributed by atoms with Gasteiger partial charge >= 0.3 is 18.0 Å². The van der Waals surface area contributed by atoms with Crippen molar-refractivity contribution in [1.82, 2.24) is 4.90 Å². The number of esters is 1. The Hall–Kier alpha value is -1.44. The minimum atomic E-state index is -3.49. The molecule has 0 N–H and O–H groups in total. The number of ether oxygens (including phenoxy) is 3. The van der Waals surface area contributed by atoms with E-state index in [4.69, 9.17) is 14.2 Å². The summed E-state index contributed by atoms with van der Waals surface area (Å²) in [4.78, 5) is 26.8. The van der Waals surface area contributed by atoms with E-state index in [1.54, 1.807) is 0 Å². The maximum Gasteiger partial charge on any atom is 0.509 e. The Kier molecular flexibility index (Phi) is 5.03. The third-order valence-corrected chi connectivity index (χ3v) is 8.61. The molecule has 6 rings (SSSR count). The number of hydrogen-bond donors (Lipinski definition) is 0. The van der Waals surface area contributed by atoms with Crippen LogP contribution < -0.4 is 0 Å². The zero-order valence-electron chi connectivity index (χ0n) is 18.4. The molecular formula is C23H33F2NO5. The van der Waals surface area contributed by atoms with Gasteiger partial charge in [0, 0.05) is 37.3 Å². The van der Waals surface area contributed by atoms with Gasteiger partial charge in [0.2, 0.25) is 0 Å². The Balaban J connectivity index is 1.22. The first-order chi connectivity index (χ1) is 14.5. The van der Waals surface area contributed by atoms with Crippen molar-refractivity contribution in [3.8, 4) is 0 Å². The number of alkyl halides is 2. The number of nitrogens with zero attached hydrogens (tertiary/aromatic N) is 1. The third kappa shape index (κ3) is 4.05. The molecule has 0 aromatic heterocycles. The van der Waals surface area contributed by atoms with Gasteiger partial charge in [-0.05, 0) is 70.3 Å². The van der Waals surface area contributed by atoms with Crippen LogP contribution in [0.15, 0.2) is 0 Å². The molecule has 6 aliphatic rings. The summed E-state index contributed by atoms with van der Waals surface area (Å²) in [5.74, 6) is -4.23. The number of carbonyl (C=O) groups excluding carboxylic acids is 2. The van der Waals surface area contributed by atoms with Gasteiger partial charge in [-0.3, -0.25) is 0 Å². The fourth-order valence-corrected chi connectivity index (χ4v) is 7.79. The zero-order valence-corrected chi connectivity index (χ0v) is 18.4. The Labute approximate surface area is 181 Å². The highest BCUT2D eigenvalue weighted by Gasteiger charge is 2.60. The van der Waals surface area contributed by atoms with Gasteiger partial charge in [-0.2, -0.15) is 8.78 Å². The summed E-state index contributed by atoms with van der Waals surface area (Å²) < 4.78 is 43.3. The van der Waals surface area contributed by atoms with Crippen LogP contribution in [0.2, 0.25) is 0 Å². The van der Waals surface area contributed by atoms with E-state index in [-0.39, 0.29) is 18.1 Å². The van der Waals surface area contributed by atoms with Crippen LogP contribution in [0.25, 0.3) is 0 Å². The molecule has 0 spiro atoms. The van der Waals surface area contributed by atoms with Crippen molar-refractivity contribution in [3.63, 3.8) is 0 Å². The van der Waals surface area contributed by atoms with E-state index in [2.05, 4.69) is 11.9 Å². The van der Waals surface area contributed by atoms with Crippen molar-refractivity contribution in [2.24, 2.45) is 17.3 Å². The number of carbonyl (C=O) groups is 2.